The third-order valence-corrected chi connectivity index (χ3v) is 1.86. The van der Waals surface area contributed by atoms with Crippen molar-refractivity contribution in [1.82, 2.24) is 4.90 Å². The minimum Gasteiger partial charge on any atom is -0.365 e. The molecule has 86 valence electrons. The lowest BCUT2D eigenvalue weighted by molar-refractivity contribution is 0.359. The summed E-state index contributed by atoms with van der Waals surface area (Å²) in [7, 11) is 0. The Labute approximate surface area is 99.8 Å². The fraction of sp³-hybridized carbons (Fsp3) is 0.538. The molecule has 0 aromatic carbocycles. The Morgan fingerprint density at radius 1 is 1.40 bits per heavy atom. The molecule has 0 fully saturated rings. The number of terminal acetylenes is 1. The van der Waals surface area contributed by atoms with Crippen LogP contribution < -0.4 is 0 Å². The predicted molar refractivity (Wildman–Crippen MR) is 71.0 cm³/mol. The van der Waals surface area contributed by atoms with E-state index in [1.54, 1.807) is 6.08 Å². The highest BCUT2D eigenvalue weighted by molar-refractivity contribution is 6.18. The zero-order valence-electron chi connectivity index (χ0n) is 9.93. The summed E-state index contributed by atoms with van der Waals surface area (Å²) in [6.45, 7) is 13.5. The first kappa shape index (κ1) is 16.6. The minimum absolute atomic E-state index is 0.556. The van der Waals surface area contributed by atoms with Crippen molar-refractivity contribution in [2.45, 2.75) is 26.7 Å². The maximum atomic E-state index is 5.24. The molecule has 0 rings (SSSR count). The average molecular weight is 228 g/mol. The van der Waals surface area contributed by atoms with Gasteiger partial charge in [0.1, 0.15) is 0 Å². The summed E-state index contributed by atoms with van der Waals surface area (Å²) in [4.78, 5) is 2.15. The van der Waals surface area contributed by atoms with Gasteiger partial charge in [0, 0.05) is 19.0 Å². The molecule has 0 amide bonds. The first-order chi connectivity index (χ1) is 7.17. The van der Waals surface area contributed by atoms with E-state index >= 15 is 0 Å². The largest absolute Gasteiger partial charge is 0.365 e. The predicted octanol–water partition coefficient (Wildman–Crippen LogP) is 3.67. The Morgan fingerprint density at radius 3 is 2.00 bits per heavy atom. The molecule has 0 radical (unpaired) electrons. The molecule has 0 aliphatic heterocycles. The van der Waals surface area contributed by atoms with Gasteiger partial charge < -0.3 is 4.90 Å². The van der Waals surface area contributed by atoms with Crippen molar-refractivity contribution >= 4 is 11.6 Å². The SMILES string of the molecule is C#CC(=C)N(CCC)CCC.C=CCCl. The van der Waals surface area contributed by atoms with Crippen LogP contribution in [0.25, 0.3) is 0 Å². The Hall–Kier alpha value is -0.870. The second-order valence-electron chi connectivity index (χ2n) is 3.02. The molecule has 0 saturated heterocycles. The number of nitrogens with zero attached hydrogens (tertiary/aromatic N) is 1. The third kappa shape index (κ3) is 11.1. The number of allylic oxidation sites excluding steroid dienone is 2. The molecule has 0 unspecified atom stereocenters. The Kier molecular flexibility index (Phi) is 14.5. The van der Waals surface area contributed by atoms with Gasteiger partial charge in [-0.3, -0.25) is 0 Å². The van der Waals surface area contributed by atoms with E-state index < -0.39 is 0 Å². The van der Waals surface area contributed by atoms with Gasteiger partial charge in [-0.15, -0.1) is 24.6 Å². The average Bonchev–Trinajstić information content (AvgIpc) is 2.28. The lowest BCUT2D eigenvalue weighted by Crippen LogP contribution is -2.23. The van der Waals surface area contributed by atoms with Crippen LogP contribution in [0.15, 0.2) is 24.9 Å². The zero-order chi connectivity index (χ0) is 12.1. The first-order valence-electron chi connectivity index (χ1n) is 5.25. The second-order valence-corrected chi connectivity index (χ2v) is 3.33. The topological polar surface area (TPSA) is 3.24 Å². The van der Waals surface area contributed by atoms with Crippen molar-refractivity contribution in [3.05, 3.63) is 24.9 Å². The normalized spacial score (nSPS) is 8.13. The summed E-state index contributed by atoms with van der Waals surface area (Å²) in [5.41, 5.74) is 0.814. The standard InChI is InChI=1S/C10H17N.C3H5Cl/c1-5-8-11(9-6-2)10(4)7-3;1-2-3-4/h3H,4-6,8-9H2,1-2H3;2H,1,3H2. The van der Waals surface area contributed by atoms with E-state index in [1.165, 1.54) is 0 Å². The molecule has 0 bridgehead atoms. The summed E-state index contributed by atoms with van der Waals surface area (Å²) >= 11 is 5.07. The van der Waals surface area contributed by atoms with Gasteiger partial charge in [0.05, 0.1) is 5.70 Å². The molecule has 0 atom stereocenters. The van der Waals surface area contributed by atoms with Gasteiger partial charge in [0.15, 0.2) is 0 Å². The van der Waals surface area contributed by atoms with Crippen LogP contribution in [-0.4, -0.2) is 23.9 Å². The number of hydrogen-bond acceptors (Lipinski definition) is 1. The van der Waals surface area contributed by atoms with E-state index in [-0.39, 0.29) is 0 Å². The van der Waals surface area contributed by atoms with Crippen LogP contribution in [-0.2, 0) is 0 Å². The van der Waals surface area contributed by atoms with Crippen molar-refractivity contribution in [3.8, 4) is 12.3 Å². The molecule has 0 aliphatic rings. The lowest BCUT2D eigenvalue weighted by atomic mass is 10.3. The Bertz CT molecular complexity index is 197. The molecular weight excluding hydrogens is 206 g/mol. The Morgan fingerprint density at radius 2 is 1.80 bits per heavy atom. The van der Waals surface area contributed by atoms with Crippen molar-refractivity contribution in [1.29, 1.82) is 0 Å². The molecule has 0 aromatic rings. The van der Waals surface area contributed by atoms with Gasteiger partial charge in [-0.2, -0.15) is 0 Å². The van der Waals surface area contributed by atoms with E-state index in [0.29, 0.717) is 5.88 Å². The van der Waals surface area contributed by atoms with Crippen molar-refractivity contribution < 1.29 is 0 Å². The highest BCUT2D eigenvalue weighted by Crippen LogP contribution is 2.02. The fourth-order valence-corrected chi connectivity index (χ4v) is 1.01. The van der Waals surface area contributed by atoms with Crippen LogP contribution in [0, 0.1) is 12.3 Å². The summed E-state index contributed by atoms with van der Waals surface area (Å²) < 4.78 is 0. The number of alkyl halides is 1. The van der Waals surface area contributed by atoms with Crippen LogP contribution in [0.3, 0.4) is 0 Å². The zero-order valence-corrected chi connectivity index (χ0v) is 10.7. The molecular formula is C13H22ClN. The Balaban J connectivity index is 0. The molecule has 0 spiro atoms. The highest BCUT2D eigenvalue weighted by Gasteiger charge is 2.01. The summed E-state index contributed by atoms with van der Waals surface area (Å²) in [5.74, 6) is 3.12. The molecule has 15 heavy (non-hydrogen) atoms. The molecule has 0 heterocycles. The highest BCUT2D eigenvalue weighted by atomic mass is 35.5. The number of halogens is 1. The quantitative estimate of drug-likeness (QED) is 0.380. The number of rotatable bonds is 6. The van der Waals surface area contributed by atoms with Gasteiger partial charge in [0.2, 0.25) is 0 Å². The van der Waals surface area contributed by atoms with Gasteiger partial charge in [-0.25, -0.2) is 0 Å². The van der Waals surface area contributed by atoms with Crippen molar-refractivity contribution in [3.63, 3.8) is 0 Å². The second kappa shape index (κ2) is 13.1. The summed E-state index contributed by atoms with van der Waals surface area (Å²) in [5, 5.41) is 0. The molecule has 0 aromatic heterocycles. The number of hydrogen-bond donors (Lipinski definition) is 0. The maximum Gasteiger partial charge on any atom is 0.0803 e. The molecule has 0 N–H and O–H groups in total. The molecule has 1 nitrogen and oxygen atoms in total. The van der Waals surface area contributed by atoms with E-state index in [0.717, 1.165) is 31.6 Å². The van der Waals surface area contributed by atoms with Gasteiger partial charge in [-0.1, -0.05) is 32.4 Å². The lowest BCUT2D eigenvalue weighted by Gasteiger charge is -2.21. The monoisotopic (exact) mass is 227 g/mol. The van der Waals surface area contributed by atoms with Gasteiger partial charge >= 0.3 is 0 Å². The maximum absolute atomic E-state index is 5.24. The van der Waals surface area contributed by atoms with Crippen LogP contribution >= 0.6 is 11.6 Å². The first-order valence-corrected chi connectivity index (χ1v) is 5.78. The van der Waals surface area contributed by atoms with Crippen molar-refractivity contribution in [2.75, 3.05) is 19.0 Å². The van der Waals surface area contributed by atoms with E-state index in [1.807, 2.05) is 0 Å². The van der Waals surface area contributed by atoms with Gasteiger partial charge in [0.25, 0.3) is 0 Å². The van der Waals surface area contributed by atoms with E-state index in [2.05, 4.69) is 37.8 Å². The minimum atomic E-state index is 0.556. The fourth-order valence-electron chi connectivity index (χ4n) is 1.01. The summed E-state index contributed by atoms with van der Waals surface area (Å²) in [6.07, 6.45) is 9.13. The molecule has 2 heteroatoms. The third-order valence-electron chi connectivity index (χ3n) is 1.64. The van der Waals surface area contributed by atoms with Crippen LogP contribution in [0.5, 0.6) is 0 Å². The smallest absolute Gasteiger partial charge is 0.0803 e. The van der Waals surface area contributed by atoms with E-state index in [4.69, 9.17) is 18.0 Å². The molecule has 0 aliphatic carbocycles. The van der Waals surface area contributed by atoms with Crippen LogP contribution in [0.2, 0.25) is 0 Å². The van der Waals surface area contributed by atoms with E-state index in [9.17, 15) is 0 Å². The summed E-state index contributed by atoms with van der Waals surface area (Å²) in [6, 6.07) is 0. The van der Waals surface area contributed by atoms with Gasteiger partial charge in [-0.05, 0) is 12.8 Å². The van der Waals surface area contributed by atoms with Crippen LogP contribution in [0.4, 0.5) is 0 Å². The van der Waals surface area contributed by atoms with Crippen LogP contribution in [0.1, 0.15) is 26.7 Å². The van der Waals surface area contributed by atoms with Crippen molar-refractivity contribution in [2.24, 2.45) is 0 Å². The molecule has 0 saturated carbocycles.